The van der Waals surface area contributed by atoms with Gasteiger partial charge in [0.1, 0.15) is 0 Å². The lowest BCUT2D eigenvalue weighted by molar-refractivity contribution is 0.0440. The summed E-state index contributed by atoms with van der Waals surface area (Å²) in [5, 5.41) is 3.22. The van der Waals surface area contributed by atoms with Crippen LogP contribution >= 0.6 is 0 Å². The summed E-state index contributed by atoms with van der Waals surface area (Å²) in [4.78, 5) is 4.12. The molecule has 3 nitrogen and oxygen atoms in total. The first-order chi connectivity index (χ1) is 9.81. The monoisotopic (exact) mass is 268 g/mol. The first kappa shape index (κ1) is 13.3. The third-order valence-corrected chi connectivity index (χ3v) is 3.93. The van der Waals surface area contributed by atoms with Crippen LogP contribution in [0.4, 0.5) is 0 Å². The lowest BCUT2D eigenvalue weighted by Gasteiger charge is -2.29. The molecule has 0 aliphatic carbocycles. The zero-order valence-corrected chi connectivity index (χ0v) is 12.0. The van der Waals surface area contributed by atoms with Crippen LogP contribution in [0.25, 0.3) is 11.1 Å². The normalized spacial score (nSPS) is 17.8. The third-order valence-electron chi connectivity index (χ3n) is 3.93. The number of hydrogen-bond donors (Lipinski definition) is 1. The van der Waals surface area contributed by atoms with E-state index in [4.69, 9.17) is 4.74 Å². The van der Waals surface area contributed by atoms with Crippen LogP contribution in [-0.2, 0) is 11.2 Å². The average Bonchev–Trinajstić information content (AvgIpc) is 2.48. The summed E-state index contributed by atoms with van der Waals surface area (Å²) >= 11 is 0. The summed E-state index contributed by atoms with van der Waals surface area (Å²) in [6.07, 6.45) is 4.86. The van der Waals surface area contributed by atoms with Crippen molar-refractivity contribution in [2.24, 2.45) is 0 Å². The van der Waals surface area contributed by atoms with Gasteiger partial charge in [0.25, 0.3) is 0 Å². The molecule has 3 heteroatoms. The van der Waals surface area contributed by atoms with E-state index in [1.807, 2.05) is 19.4 Å². The third kappa shape index (κ3) is 2.35. The van der Waals surface area contributed by atoms with Crippen LogP contribution in [-0.4, -0.2) is 25.2 Å². The van der Waals surface area contributed by atoms with E-state index in [1.54, 1.807) is 0 Å². The van der Waals surface area contributed by atoms with Crippen molar-refractivity contribution in [3.05, 3.63) is 53.3 Å². The Labute approximate surface area is 120 Å². The highest BCUT2D eigenvalue weighted by Gasteiger charge is 2.23. The van der Waals surface area contributed by atoms with Gasteiger partial charge in [-0.3, -0.25) is 4.98 Å². The van der Waals surface area contributed by atoms with E-state index >= 15 is 0 Å². The maximum atomic E-state index is 5.90. The molecule has 1 aliphatic heterocycles. The average molecular weight is 268 g/mol. The van der Waals surface area contributed by atoms with E-state index in [0.29, 0.717) is 0 Å². The van der Waals surface area contributed by atoms with Gasteiger partial charge < -0.3 is 10.1 Å². The highest BCUT2D eigenvalue weighted by Crippen LogP contribution is 2.36. The Morgan fingerprint density at radius 1 is 1.25 bits per heavy atom. The fourth-order valence-corrected chi connectivity index (χ4v) is 3.02. The minimum Gasteiger partial charge on any atom is -0.372 e. The molecule has 1 aromatic carbocycles. The molecule has 1 aliphatic rings. The lowest BCUT2D eigenvalue weighted by atomic mass is 9.87. The van der Waals surface area contributed by atoms with Crippen LogP contribution in [0.2, 0.25) is 0 Å². The second kappa shape index (κ2) is 5.73. The molecule has 1 aromatic heterocycles. The largest absolute Gasteiger partial charge is 0.372 e. The second-order valence-corrected chi connectivity index (χ2v) is 5.23. The Balaban J connectivity index is 2.13. The summed E-state index contributed by atoms with van der Waals surface area (Å²) < 4.78 is 5.90. The molecule has 3 rings (SSSR count). The van der Waals surface area contributed by atoms with Gasteiger partial charge in [-0.2, -0.15) is 0 Å². The topological polar surface area (TPSA) is 34.1 Å². The Bertz CT molecular complexity index is 595. The highest BCUT2D eigenvalue weighted by molar-refractivity contribution is 5.72. The number of likely N-dealkylation sites (N-methyl/N-ethyl adjacent to an activating group) is 1. The van der Waals surface area contributed by atoms with Crippen molar-refractivity contribution in [3.63, 3.8) is 0 Å². The first-order valence-electron chi connectivity index (χ1n) is 7.10. The number of nitrogens with zero attached hydrogens (tertiary/aromatic N) is 1. The van der Waals surface area contributed by atoms with Gasteiger partial charge in [-0.1, -0.05) is 12.1 Å². The van der Waals surface area contributed by atoms with Gasteiger partial charge in [-0.15, -0.1) is 0 Å². The van der Waals surface area contributed by atoms with Crippen LogP contribution in [0, 0.1) is 6.92 Å². The summed E-state index contributed by atoms with van der Waals surface area (Å²) in [5.41, 5.74) is 6.68. The SMILES string of the molecule is CNC[C@H]1OCCc2c1ccc(C)c2-c1ccncc1. The maximum absolute atomic E-state index is 5.90. The molecule has 0 unspecified atom stereocenters. The van der Waals surface area contributed by atoms with E-state index in [1.165, 1.54) is 27.8 Å². The Kier molecular flexibility index (Phi) is 3.81. The number of aromatic nitrogens is 1. The molecule has 0 amide bonds. The number of pyridine rings is 1. The summed E-state index contributed by atoms with van der Waals surface area (Å²) in [5.74, 6) is 0. The van der Waals surface area contributed by atoms with Crippen molar-refractivity contribution >= 4 is 0 Å². The number of hydrogen-bond acceptors (Lipinski definition) is 3. The van der Waals surface area contributed by atoms with Gasteiger partial charge in [0.2, 0.25) is 0 Å². The fourth-order valence-electron chi connectivity index (χ4n) is 3.02. The standard InChI is InChI=1S/C17H20N2O/c1-12-3-4-14-15(7-10-20-16(14)11-18-2)17(12)13-5-8-19-9-6-13/h3-6,8-9,16,18H,7,10-11H2,1-2H3/t16-/m1/s1. The summed E-state index contributed by atoms with van der Waals surface area (Å²) in [7, 11) is 1.97. The Morgan fingerprint density at radius 3 is 2.80 bits per heavy atom. The molecule has 1 N–H and O–H groups in total. The van der Waals surface area contributed by atoms with E-state index in [2.05, 4.69) is 41.5 Å². The van der Waals surface area contributed by atoms with Gasteiger partial charge in [0.05, 0.1) is 12.7 Å². The summed E-state index contributed by atoms with van der Waals surface area (Å²) in [6, 6.07) is 8.60. The van der Waals surface area contributed by atoms with Gasteiger partial charge in [-0.25, -0.2) is 0 Å². The number of benzene rings is 1. The number of aryl methyl sites for hydroxylation is 1. The fraction of sp³-hybridized carbons (Fsp3) is 0.353. The van der Waals surface area contributed by atoms with Crippen molar-refractivity contribution in [1.82, 2.24) is 10.3 Å². The molecule has 0 spiro atoms. The van der Waals surface area contributed by atoms with E-state index in [9.17, 15) is 0 Å². The molecule has 0 bridgehead atoms. The smallest absolute Gasteiger partial charge is 0.0952 e. The van der Waals surface area contributed by atoms with Crippen LogP contribution in [0.3, 0.4) is 0 Å². The van der Waals surface area contributed by atoms with Crippen LogP contribution in [0.1, 0.15) is 22.8 Å². The number of rotatable bonds is 3. The highest BCUT2D eigenvalue weighted by atomic mass is 16.5. The van der Waals surface area contributed by atoms with Crippen LogP contribution in [0.5, 0.6) is 0 Å². The van der Waals surface area contributed by atoms with Crippen molar-refractivity contribution in [2.45, 2.75) is 19.4 Å². The minimum atomic E-state index is 0.157. The molecular formula is C17H20N2O. The molecule has 0 saturated carbocycles. The quantitative estimate of drug-likeness (QED) is 0.929. The molecule has 104 valence electrons. The zero-order valence-electron chi connectivity index (χ0n) is 12.0. The molecule has 0 saturated heterocycles. The number of fused-ring (bicyclic) bond motifs is 1. The zero-order chi connectivity index (χ0) is 13.9. The minimum absolute atomic E-state index is 0.157. The molecule has 0 fully saturated rings. The van der Waals surface area contributed by atoms with Crippen LogP contribution in [0.15, 0.2) is 36.7 Å². The molecule has 2 aromatic rings. The Morgan fingerprint density at radius 2 is 2.05 bits per heavy atom. The van der Waals surface area contributed by atoms with E-state index < -0.39 is 0 Å². The van der Waals surface area contributed by atoms with E-state index in [-0.39, 0.29) is 6.10 Å². The second-order valence-electron chi connectivity index (χ2n) is 5.23. The van der Waals surface area contributed by atoms with Crippen molar-refractivity contribution in [1.29, 1.82) is 0 Å². The molecule has 1 atom stereocenters. The molecule has 20 heavy (non-hydrogen) atoms. The first-order valence-corrected chi connectivity index (χ1v) is 7.10. The van der Waals surface area contributed by atoms with Crippen LogP contribution < -0.4 is 5.32 Å². The number of nitrogens with one attached hydrogen (secondary N) is 1. The summed E-state index contributed by atoms with van der Waals surface area (Å²) in [6.45, 7) is 3.82. The van der Waals surface area contributed by atoms with Gasteiger partial charge in [0, 0.05) is 18.9 Å². The molecule has 0 radical (unpaired) electrons. The van der Waals surface area contributed by atoms with Gasteiger partial charge in [-0.05, 0) is 60.3 Å². The van der Waals surface area contributed by atoms with Crippen molar-refractivity contribution in [3.8, 4) is 11.1 Å². The van der Waals surface area contributed by atoms with Crippen molar-refractivity contribution in [2.75, 3.05) is 20.2 Å². The lowest BCUT2D eigenvalue weighted by Crippen LogP contribution is -2.25. The maximum Gasteiger partial charge on any atom is 0.0952 e. The van der Waals surface area contributed by atoms with Gasteiger partial charge in [0.15, 0.2) is 0 Å². The van der Waals surface area contributed by atoms with Crippen molar-refractivity contribution < 1.29 is 4.74 Å². The van der Waals surface area contributed by atoms with E-state index in [0.717, 1.165) is 19.6 Å². The molecule has 2 heterocycles. The Hall–Kier alpha value is -1.71. The van der Waals surface area contributed by atoms with Gasteiger partial charge >= 0.3 is 0 Å². The number of ether oxygens (including phenoxy) is 1. The predicted molar refractivity (Wildman–Crippen MR) is 80.7 cm³/mol. The molecular weight excluding hydrogens is 248 g/mol. The predicted octanol–water partition coefficient (Wildman–Crippen LogP) is 2.89.